The van der Waals surface area contributed by atoms with Gasteiger partial charge >= 0.3 is 6.18 Å². The number of sulfonamides is 1. The van der Waals surface area contributed by atoms with Crippen molar-refractivity contribution in [3.63, 3.8) is 0 Å². The molecular formula is C12H13BrF3NO3S. The molecule has 9 heteroatoms. The van der Waals surface area contributed by atoms with Crippen molar-refractivity contribution in [3.05, 3.63) is 28.2 Å². The van der Waals surface area contributed by atoms with E-state index in [1.165, 1.54) is 18.2 Å². The molecule has 1 aliphatic carbocycles. The van der Waals surface area contributed by atoms with Crippen LogP contribution in [0.3, 0.4) is 0 Å². The lowest BCUT2D eigenvalue weighted by Gasteiger charge is -2.23. The minimum Gasteiger partial charge on any atom is -0.392 e. The Morgan fingerprint density at radius 1 is 1.33 bits per heavy atom. The molecule has 0 amide bonds. The van der Waals surface area contributed by atoms with Crippen molar-refractivity contribution in [3.8, 4) is 0 Å². The molecule has 0 aromatic heterocycles. The molecule has 4 nitrogen and oxygen atoms in total. The summed E-state index contributed by atoms with van der Waals surface area (Å²) in [4.78, 5) is -0.226. The van der Waals surface area contributed by atoms with Crippen LogP contribution in [0.5, 0.6) is 0 Å². The van der Waals surface area contributed by atoms with Gasteiger partial charge in [-0.3, -0.25) is 0 Å². The fraction of sp³-hybridized carbons (Fsp3) is 0.500. The molecule has 1 aromatic carbocycles. The second-order valence-corrected chi connectivity index (χ2v) is 7.53. The van der Waals surface area contributed by atoms with Gasteiger partial charge in [-0.2, -0.15) is 17.5 Å². The van der Waals surface area contributed by atoms with Gasteiger partial charge in [-0.1, -0.05) is 6.07 Å². The van der Waals surface area contributed by atoms with Gasteiger partial charge in [-0.05, 0) is 46.5 Å². The van der Waals surface area contributed by atoms with E-state index in [1.54, 1.807) is 0 Å². The Hall–Kier alpha value is -0.640. The number of benzene rings is 1. The molecule has 1 saturated carbocycles. The zero-order chi connectivity index (χ0) is 15.8. The first-order valence-corrected chi connectivity index (χ1v) is 8.36. The minimum absolute atomic E-state index is 0.141. The summed E-state index contributed by atoms with van der Waals surface area (Å²) in [5.74, 6) is 0. The summed E-state index contributed by atoms with van der Waals surface area (Å²) in [6.45, 7) is -1.78. The van der Waals surface area contributed by atoms with Crippen LogP contribution in [0.25, 0.3) is 0 Å². The van der Waals surface area contributed by atoms with Crippen LogP contribution in [0.15, 0.2) is 27.6 Å². The van der Waals surface area contributed by atoms with Crippen molar-refractivity contribution in [1.82, 2.24) is 4.31 Å². The van der Waals surface area contributed by atoms with Crippen LogP contribution in [-0.4, -0.2) is 36.6 Å². The lowest BCUT2D eigenvalue weighted by molar-refractivity contribution is -0.137. The SMILES string of the molecule is O=S(=O)(c1ccc(CO)cc1Br)N(CC(F)(F)F)C1CC1. The highest BCUT2D eigenvalue weighted by Crippen LogP contribution is 2.36. The first-order chi connectivity index (χ1) is 9.65. The van der Waals surface area contributed by atoms with Gasteiger partial charge in [0.2, 0.25) is 10.0 Å². The number of hydrogen-bond donors (Lipinski definition) is 1. The zero-order valence-corrected chi connectivity index (χ0v) is 13.2. The number of aliphatic hydroxyl groups excluding tert-OH is 1. The molecule has 0 bridgehead atoms. The first kappa shape index (κ1) is 16.7. The quantitative estimate of drug-likeness (QED) is 0.844. The summed E-state index contributed by atoms with van der Waals surface area (Å²) in [7, 11) is -4.24. The second kappa shape index (κ2) is 5.86. The standard InChI is InChI=1S/C12H13BrF3NO3S/c13-10-5-8(6-18)1-4-11(10)21(19,20)17(9-2-3-9)7-12(14,15)16/h1,4-5,9,18H,2-3,6-7H2. The van der Waals surface area contributed by atoms with Gasteiger partial charge in [0.15, 0.2) is 0 Å². The second-order valence-electron chi connectivity index (χ2n) is 4.82. The number of aliphatic hydroxyl groups is 1. The van der Waals surface area contributed by atoms with Crippen LogP contribution >= 0.6 is 15.9 Å². The number of hydrogen-bond acceptors (Lipinski definition) is 3. The molecule has 0 spiro atoms. The van der Waals surface area contributed by atoms with E-state index >= 15 is 0 Å². The average Bonchev–Trinajstić information content (AvgIpc) is 3.18. The molecule has 0 heterocycles. The molecule has 0 aliphatic heterocycles. The monoisotopic (exact) mass is 387 g/mol. The Balaban J connectivity index is 2.39. The Labute approximate surface area is 128 Å². The molecule has 0 unspecified atom stereocenters. The molecule has 0 atom stereocenters. The Morgan fingerprint density at radius 2 is 1.95 bits per heavy atom. The van der Waals surface area contributed by atoms with Crippen LogP contribution in [0, 0.1) is 0 Å². The van der Waals surface area contributed by atoms with Crippen LogP contribution in [-0.2, 0) is 16.6 Å². The normalized spacial score (nSPS) is 16.5. The highest BCUT2D eigenvalue weighted by Gasteiger charge is 2.45. The van der Waals surface area contributed by atoms with E-state index in [9.17, 15) is 21.6 Å². The van der Waals surface area contributed by atoms with Gasteiger partial charge in [0, 0.05) is 10.5 Å². The topological polar surface area (TPSA) is 57.6 Å². The van der Waals surface area contributed by atoms with Crippen LogP contribution in [0.2, 0.25) is 0 Å². The first-order valence-electron chi connectivity index (χ1n) is 6.13. The number of rotatable bonds is 5. The maximum atomic E-state index is 12.6. The molecule has 1 aromatic rings. The van der Waals surface area contributed by atoms with Crippen LogP contribution in [0.1, 0.15) is 18.4 Å². The summed E-state index contributed by atoms with van der Waals surface area (Å²) in [6, 6.07) is 3.36. The third-order valence-corrected chi connectivity index (χ3v) is 5.93. The van der Waals surface area contributed by atoms with Crippen LogP contribution in [0.4, 0.5) is 13.2 Å². The highest BCUT2D eigenvalue weighted by molar-refractivity contribution is 9.10. The Bertz CT molecular complexity index is 629. The number of nitrogens with zero attached hydrogens (tertiary/aromatic N) is 1. The fourth-order valence-corrected chi connectivity index (χ4v) is 4.69. The predicted octanol–water partition coefficient (Wildman–Crippen LogP) is 2.66. The van der Waals surface area contributed by atoms with E-state index in [1.807, 2.05) is 0 Å². The van der Waals surface area contributed by atoms with E-state index in [0.29, 0.717) is 22.7 Å². The molecule has 0 radical (unpaired) electrons. The molecule has 21 heavy (non-hydrogen) atoms. The lowest BCUT2D eigenvalue weighted by atomic mass is 10.2. The fourth-order valence-electron chi connectivity index (χ4n) is 1.93. The van der Waals surface area contributed by atoms with Crippen molar-refractivity contribution in [1.29, 1.82) is 0 Å². The van der Waals surface area contributed by atoms with Gasteiger partial charge in [0.25, 0.3) is 0 Å². The van der Waals surface area contributed by atoms with E-state index in [-0.39, 0.29) is 16.0 Å². The van der Waals surface area contributed by atoms with Gasteiger partial charge in [0.1, 0.15) is 6.54 Å². The molecule has 1 N–H and O–H groups in total. The minimum atomic E-state index is -4.59. The van der Waals surface area contributed by atoms with Gasteiger partial charge < -0.3 is 5.11 Å². The van der Waals surface area contributed by atoms with Crippen molar-refractivity contribution >= 4 is 26.0 Å². The third kappa shape index (κ3) is 3.97. The summed E-state index contributed by atoms with van der Waals surface area (Å²) in [5, 5.41) is 8.99. The van der Waals surface area contributed by atoms with E-state index in [2.05, 4.69) is 15.9 Å². The molecule has 1 aliphatic rings. The largest absolute Gasteiger partial charge is 0.402 e. The number of halogens is 4. The smallest absolute Gasteiger partial charge is 0.392 e. The van der Waals surface area contributed by atoms with Gasteiger partial charge in [0.05, 0.1) is 11.5 Å². The summed E-state index contributed by atoms with van der Waals surface area (Å²) < 4.78 is 63.4. The van der Waals surface area contributed by atoms with Gasteiger partial charge in [-0.25, -0.2) is 8.42 Å². The van der Waals surface area contributed by atoms with Crippen molar-refractivity contribution in [2.45, 2.75) is 36.6 Å². The molecule has 0 saturated heterocycles. The Kier molecular flexibility index (Phi) is 4.67. The predicted molar refractivity (Wildman–Crippen MR) is 73.0 cm³/mol. The van der Waals surface area contributed by atoms with Crippen molar-refractivity contribution in [2.24, 2.45) is 0 Å². The Morgan fingerprint density at radius 3 is 2.38 bits per heavy atom. The summed E-state index contributed by atoms with van der Waals surface area (Å²) in [5.41, 5.74) is 0.467. The molecule has 1 fully saturated rings. The van der Waals surface area contributed by atoms with E-state index < -0.39 is 28.8 Å². The average molecular weight is 388 g/mol. The third-order valence-electron chi connectivity index (χ3n) is 3.05. The van der Waals surface area contributed by atoms with E-state index in [4.69, 9.17) is 5.11 Å². The summed E-state index contributed by atoms with van der Waals surface area (Å²) >= 11 is 3.04. The van der Waals surface area contributed by atoms with Crippen molar-refractivity contribution < 1.29 is 26.7 Å². The maximum absolute atomic E-state index is 12.6. The van der Waals surface area contributed by atoms with Crippen LogP contribution < -0.4 is 0 Å². The zero-order valence-electron chi connectivity index (χ0n) is 10.8. The highest BCUT2D eigenvalue weighted by atomic mass is 79.9. The van der Waals surface area contributed by atoms with Crippen molar-refractivity contribution in [2.75, 3.05) is 6.54 Å². The maximum Gasteiger partial charge on any atom is 0.402 e. The molecular weight excluding hydrogens is 375 g/mol. The summed E-state index contributed by atoms with van der Waals surface area (Å²) in [6.07, 6.45) is -3.73. The lowest BCUT2D eigenvalue weighted by Crippen LogP contribution is -2.40. The molecule has 2 rings (SSSR count). The molecule has 118 valence electrons. The van der Waals surface area contributed by atoms with Gasteiger partial charge in [-0.15, -0.1) is 0 Å². The number of alkyl halides is 3. The van der Waals surface area contributed by atoms with E-state index in [0.717, 1.165) is 0 Å².